The number of hydrogen-bond acceptors (Lipinski definition) is 3. The largest absolute Gasteiger partial charge is 0.493 e. The van der Waals surface area contributed by atoms with Crippen LogP contribution in [0.5, 0.6) is 0 Å². The second kappa shape index (κ2) is 8.86. The first kappa shape index (κ1) is 23.7. The average molecular weight is 464 g/mol. The number of amides is 1. The number of ether oxygens (including phenoxy) is 1. The smallest absolute Gasteiger partial charge is 0.228 e. The molecule has 0 aliphatic heterocycles. The van der Waals surface area contributed by atoms with Crippen LogP contribution in [0, 0.1) is 34.5 Å². The Kier molecular flexibility index (Phi) is 6.16. The molecule has 0 heterocycles. The van der Waals surface area contributed by atoms with E-state index < -0.39 is 6.10 Å². The third-order valence-corrected chi connectivity index (χ3v) is 10.0. The van der Waals surface area contributed by atoms with E-state index in [-0.39, 0.29) is 22.7 Å². The van der Waals surface area contributed by atoms with Crippen LogP contribution in [0.25, 0.3) is 0 Å². The van der Waals surface area contributed by atoms with E-state index in [2.05, 4.69) is 50.3 Å². The summed E-state index contributed by atoms with van der Waals surface area (Å²) in [7, 11) is 1.87. The zero-order valence-electron chi connectivity index (χ0n) is 21.3. The summed E-state index contributed by atoms with van der Waals surface area (Å²) in [4.78, 5) is 14.8. The molecule has 1 N–H and O–H groups in total. The van der Waals surface area contributed by atoms with E-state index in [0.29, 0.717) is 30.9 Å². The third kappa shape index (κ3) is 3.82. The van der Waals surface area contributed by atoms with Crippen molar-refractivity contribution in [3.63, 3.8) is 0 Å². The molecule has 0 saturated heterocycles. The van der Waals surface area contributed by atoms with Crippen molar-refractivity contribution in [3.05, 3.63) is 59.4 Å². The van der Waals surface area contributed by atoms with Crippen LogP contribution in [0.3, 0.4) is 0 Å². The Bertz CT molecular complexity index is 984. The lowest BCUT2D eigenvalue weighted by Gasteiger charge is -2.55. The van der Waals surface area contributed by atoms with Crippen LogP contribution in [0.2, 0.25) is 0 Å². The molecule has 0 spiro atoms. The van der Waals surface area contributed by atoms with Gasteiger partial charge >= 0.3 is 0 Å². The summed E-state index contributed by atoms with van der Waals surface area (Å²) in [6.45, 7) is 8.01. The van der Waals surface area contributed by atoms with Gasteiger partial charge in [0.2, 0.25) is 5.91 Å². The van der Waals surface area contributed by atoms with Gasteiger partial charge in [-0.2, -0.15) is 0 Å². The number of carbonyl (C=O) groups is 1. The third-order valence-electron chi connectivity index (χ3n) is 10.0. The van der Waals surface area contributed by atoms with Crippen LogP contribution < -0.4 is 0 Å². The van der Waals surface area contributed by atoms with Gasteiger partial charge in [0.05, 0.1) is 17.8 Å². The highest BCUT2D eigenvalue weighted by Crippen LogP contribution is 2.65. The summed E-state index contributed by atoms with van der Waals surface area (Å²) < 4.78 is 6.23. The minimum absolute atomic E-state index is 0.128. The van der Waals surface area contributed by atoms with Gasteiger partial charge in [-0.15, -0.1) is 0 Å². The summed E-state index contributed by atoms with van der Waals surface area (Å²) in [6, 6.07) is 10.4. The molecule has 3 saturated carbocycles. The maximum atomic E-state index is 13.0. The number of carbonyl (C=O) groups excluding carboxylic acids is 1. The quantitative estimate of drug-likeness (QED) is 0.607. The SMILES string of the molecule is CCN(C)C(=O)C1CC2C3CCC4(C)CC(OCc5ccccc5)=CC=C4C3CC[C@]2(C)[C@H]1O. The predicted octanol–water partition coefficient (Wildman–Crippen LogP) is 5.73. The molecule has 0 radical (unpaired) electrons. The second-order valence-corrected chi connectivity index (χ2v) is 11.9. The van der Waals surface area contributed by atoms with Gasteiger partial charge in [-0.3, -0.25) is 4.79 Å². The van der Waals surface area contributed by atoms with Crippen LogP contribution in [-0.2, 0) is 16.1 Å². The highest BCUT2D eigenvalue weighted by Gasteiger charge is 2.61. The van der Waals surface area contributed by atoms with Crippen molar-refractivity contribution in [2.45, 2.75) is 72.0 Å². The normalized spacial score (nSPS) is 38.7. The monoisotopic (exact) mass is 463 g/mol. The molecule has 1 amide bonds. The summed E-state index contributed by atoms with van der Waals surface area (Å²) in [5, 5.41) is 11.3. The summed E-state index contributed by atoms with van der Waals surface area (Å²) in [5.41, 5.74) is 2.81. The summed E-state index contributed by atoms with van der Waals surface area (Å²) in [5.74, 6) is 2.53. The lowest BCUT2D eigenvalue weighted by atomic mass is 9.50. The Morgan fingerprint density at radius 3 is 2.65 bits per heavy atom. The highest BCUT2D eigenvalue weighted by atomic mass is 16.5. The van der Waals surface area contributed by atoms with Crippen molar-refractivity contribution in [1.82, 2.24) is 4.90 Å². The zero-order valence-corrected chi connectivity index (χ0v) is 21.3. The average Bonchev–Trinajstić information content (AvgIpc) is 3.12. The number of aliphatic hydroxyl groups is 1. The molecule has 184 valence electrons. The fourth-order valence-corrected chi connectivity index (χ4v) is 7.84. The Balaban J connectivity index is 1.35. The van der Waals surface area contributed by atoms with Gasteiger partial charge in [-0.1, -0.05) is 55.8 Å². The van der Waals surface area contributed by atoms with Crippen LogP contribution >= 0.6 is 0 Å². The maximum absolute atomic E-state index is 13.0. The van der Waals surface area contributed by atoms with E-state index >= 15 is 0 Å². The number of hydrogen-bond donors (Lipinski definition) is 1. The summed E-state index contributed by atoms with van der Waals surface area (Å²) in [6.07, 6.45) is 10.3. The van der Waals surface area contributed by atoms with E-state index in [9.17, 15) is 9.90 Å². The molecule has 3 fully saturated rings. The van der Waals surface area contributed by atoms with Crippen LogP contribution in [-0.4, -0.2) is 35.6 Å². The number of benzene rings is 1. The molecule has 7 atom stereocenters. The second-order valence-electron chi connectivity index (χ2n) is 11.9. The van der Waals surface area contributed by atoms with Gasteiger partial charge in [-0.25, -0.2) is 0 Å². The molecule has 0 bridgehead atoms. The van der Waals surface area contributed by atoms with Gasteiger partial charge in [0.25, 0.3) is 0 Å². The fraction of sp³-hybridized carbons (Fsp3) is 0.633. The van der Waals surface area contributed by atoms with Gasteiger partial charge < -0.3 is 14.7 Å². The van der Waals surface area contributed by atoms with E-state index in [0.717, 1.165) is 37.9 Å². The summed E-state index contributed by atoms with van der Waals surface area (Å²) >= 11 is 0. The molecule has 4 aliphatic carbocycles. The lowest BCUT2D eigenvalue weighted by Crippen LogP contribution is -2.49. The maximum Gasteiger partial charge on any atom is 0.228 e. The molecule has 0 aromatic heterocycles. The molecular weight excluding hydrogens is 422 g/mol. The predicted molar refractivity (Wildman–Crippen MR) is 135 cm³/mol. The lowest BCUT2D eigenvalue weighted by molar-refractivity contribution is -0.138. The highest BCUT2D eigenvalue weighted by molar-refractivity contribution is 5.79. The van der Waals surface area contributed by atoms with Crippen molar-refractivity contribution in [3.8, 4) is 0 Å². The molecule has 4 aliphatic rings. The Labute approximate surface area is 205 Å². The minimum Gasteiger partial charge on any atom is -0.493 e. The molecule has 4 heteroatoms. The first-order chi connectivity index (χ1) is 16.3. The van der Waals surface area contributed by atoms with Gasteiger partial charge in [0.15, 0.2) is 0 Å². The van der Waals surface area contributed by atoms with E-state index in [1.54, 1.807) is 10.5 Å². The van der Waals surface area contributed by atoms with Crippen molar-refractivity contribution in [2.24, 2.45) is 34.5 Å². The van der Waals surface area contributed by atoms with E-state index in [1.807, 2.05) is 20.0 Å². The molecule has 1 aromatic rings. The standard InChI is InChI=1S/C30H41NO3/c1-5-31(4)28(33)24-17-26-23-13-15-29(2)18-21(34-19-20-9-7-6-8-10-20)11-12-25(29)22(23)14-16-30(26,3)27(24)32/h6-12,22-24,26-27,32H,5,13-19H2,1-4H3/t22?,23?,24?,26?,27-,29?,30-/m0/s1. The van der Waals surface area contributed by atoms with Crippen LogP contribution in [0.1, 0.15) is 64.9 Å². The topological polar surface area (TPSA) is 49.8 Å². The first-order valence-corrected chi connectivity index (χ1v) is 13.3. The Morgan fingerprint density at radius 1 is 1.15 bits per heavy atom. The fourth-order valence-electron chi connectivity index (χ4n) is 7.84. The molecule has 5 unspecified atom stereocenters. The van der Waals surface area contributed by atoms with Crippen LogP contribution in [0.4, 0.5) is 0 Å². The number of nitrogens with zero attached hydrogens (tertiary/aromatic N) is 1. The van der Waals surface area contributed by atoms with Crippen molar-refractivity contribution in [2.75, 3.05) is 13.6 Å². The van der Waals surface area contributed by atoms with Crippen molar-refractivity contribution in [1.29, 1.82) is 0 Å². The number of allylic oxidation sites excluding steroid dienone is 4. The van der Waals surface area contributed by atoms with Gasteiger partial charge in [-0.05, 0) is 79.3 Å². The van der Waals surface area contributed by atoms with Gasteiger partial charge in [0, 0.05) is 20.0 Å². The molecular formula is C30H41NO3. The first-order valence-electron chi connectivity index (χ1n) is 13.3. The Morgan fingerprint density at radius 2 is 1.91 bits per heavy atom. The molecule has 34 heavy (non-hydrogen) atoms. The number of aliphatic hydroxyl groups excluding tert-OH is 1. The van der Waals surface area contributed by atoms with Crippen molar-refractivity contribution >= 4 is 5.91 Å². The molecule has 5 rings (SSSR count). The van der Waals surface area contributed by atoms with Gasteiger partial charge in [0.1, 0.15) is 6.61 Å². The van der Waals surface area contributed by atoms with E-state index in [1.165, 1.54) is 12.0 Å². The Hall–Kier alpha value is -2.07. The van der Waals surface area contributed by atoms with E-state index in [4.69, 9.17) is 4.74 Å². The number of rotatable bonds is 5. The molecule has 4 nitrogen and oxygen atoms in total. The van der Waals surface area contributed by atoms with Crippen LogP contribution in [0.15, 0.2) is 53.8 Å². The van der Waals surface area contributed by atoms with Crippen molar-refractivity contribution < 1.29 is 14.6 Å². The molecule has 1 aromatic carbocycles. The minimum atomic E-state index is -0.522. The zero-order chi connectivity index (χ0) is 24.1. The number of fused-ring (bicyclic) bond motifs is 5.